The summed E-state index contributed by atoms with van der Waals surface area (Å²) in [6.45, 7) is 2.95. The van der Waals surface area contributed by atoms with Gasteiger partial charge < -0.3 is 5.32 Å². The maximum Gasteiger partial charge on any atom is 0.243 e. The molecule has 1 aliphatic heterocycles. The lowest BCUT2D eigenvalue weighted by Gasteiger charge is -2.31. The molecule has 1 atom stereocenters. The third kappa shape index (κ3) is 5.66. The van der Waals surface area contributed by atoms with Crippen molar-refractivity contribution >= 4 is 27.3 Å². The smallest absolute Gasteiger partial charge is 0.243 e. The molecule has 1 fully saturated rings. The topological polar surface area (TPSA) is 79.4 Å². The van der Waals surface area contributed by atoms with Crippen molar-refractivity contribution in [2.24, 2.45) is 5.92 Å². The Morgan fingerprint density at radius 2 is 1.91 bits per heavy atom. The Morgan fingerprint density at radius 3 is 2.58 bits per heavy atom. The van der Waals surface area contributed by atoms with Crippen LogP contribution < -0.4 is 5.32 Å². The lowest BCUT2D eigenvalue weighted by Crippen LogP contribution is -2.45. The van der Waals surface area contributed by atoms with Gasteiger partial charge in [0.05, 0.1) is 21.5 Å². The van der Waals surface area contributed by atoms with Crippen molar-refractivity contribution in [2.75, 3.05) is 19.6 Å². The number of nitrogens with one attached hydrogen (secondary N) is 1. The van der Waals surface area contributed by atoms with Gasteiger partial charge >= 0.3 is 0 Å². The van der Waals surface area contributed by atoms with Gasteiger partial charge in [0.25, 0.3) is 0 Å². The van der Waals surface area contributed by atoms with Crippen LogP contribution in [0.2, 0.25) is 0 Å². The number of sulfonamides is 1. The number of hydrogen-bond donors (Lipinski definition) is 1. The Bertz CT molecular complexity index is 1210. The van der Waals surface area contributed by atoms with Crippen LogP contribution >= 0.6 is 11.3 Å². The number of piperidine rings is 1. The average Bonchev–Trinajstić information content (AvgIpc) is 3.26. The summed E-state index contributed by atoms with van der Waals surface area (Å²) >= 11 is 1.62. The van der Waals surface area contributed by atoms with Crippen molar-refractivity contribution in [1.82, 2.24) is 14.6 Å². The fraction of sp³-hybridized carbons (Fsp3) is 0.333. The van der Waals surface area contributed by atoms with Gasteiger partial charge in [0.1, 0.15) is 5.82 Å². The summed E-state index contributed by atoms with van der Waals surface area (Å²) in [6, 6.07) is 12.9. The summed E-state index contributed by atoms with van der Waals surface area (Å²) in [5, 5.41) is 6.02. The van der Waals surface area contributed by atoms with E-state index in [1.807, 2.05) is 36.6 Å². The highest BCUT2D eigenvalue weighted by Crippen LogP contribution is 2.24. The largest absolute Gasteiger partial charge is 0.355 e. The minimum Gasteiger partial charge on any atom is -0.355 e. The van der Waals surface area contributed by atoms with Crippen LogP contribution in [0, 0.1) is 18.7 Å². The van der Waals surface area contributed by atoms with Crippen molar-refractivity contribution in [2.45, 2.75) is 31.1 Å². The van der Waals surface area contributed by atoms with E-state index in [-0.39, 0.29) is 17.3 Å². The molecule has 4 rings (SSSR count). The molecule has 3 aromatic rings. The lowest BCUT2D eigenvalue weighted by atomic mass is 9.98. The number of aromatic nitrogens is 1. The SMILES string of the molecule is Cc1nc(-c2ccc(CCNC(=O)C3CCCN(S(=O)(=O)c4ccc(F)cc4)C3)cc2)cs1. The number of rotatable bonds is 7. The quantitative estimate of drug-likeness (QED) is 0.546. The van der Waals surface area contributed by atoms with E-state index in [1.165, 1.54) is 16.4 Å². The number of carbonyl (C=O) groups excluding carboxylic acids is 1. The van der Waals surface area contributed by atoms with Gasteiger partial charge in [-0.2, -0.15) is 4.31 Å². The van der Waals surface area contributed by atoms with Gasteiger partial charge in [-0.3, -0.25) is 4.79 Å². The Hall–Kier alpha value is -2.62. The van der Waals surface area contributed by atoms with E-state index in [2.05, 4.69) is 10.3 Å². The minimum atomic E-state index is -3.75. The van der Waals surface area contributed by atoms with E-state index >= 15 is 0 Å². The third-order valence-corrected chi connectivity index (χ3v) is 8.44. The number of amides is 1. The first-order valence-electron chi connectivity index (χ1n) is 10.9. The predicted octanol–water partition coefficient (Wildman–Crippen LogP) is 4.02. The van der Waals surface area contributed by atoms with Crippen LogP contribution in [0.25, 0.3) is 11.3 Å². The number of aryl methyl sites for hydroxylation is 1. The first kappa shape index (κ1) is 23.5. The van der Waals surface area contributed by atoms with Crippen LogP contribution in [-0.2, 0) is 21.2 Å². The molecule has 1 aliphatic rings. The Morgan fingerprint density at radius 1 is 1.18 bits per heavy atom. The number of benzene rings is 2. The van der Waals surface area contributed by atoms with Gasteiger partial charge in [0.15, 0.2) is 0 Å². The second-order valence-corrected chi connectivity index (χ2v) is 11.1. The molecular formula is C24H26FN3O3S2. The maximum absolute atomic E-state index is 13.2. The van der Waals surface area contributed by atoms with Gasteiger partial charge in [-0.15, -0.1) is 11.3 Å². The zero-order valence-electron chi connectivity index (χ0n) is 18.3. The number of nitrogens with zero attached hydrogens (tertiary/aromatic N) is 2. The van der Waals surface area contributed by atoms with Gasteiger partial charge in [-0.1, -0.05) is 24.3 Å². The second kappa shape index (κ2) is 10.1. The van der Waals surface area contributed by atoms with Gasteiger partial charge in [-0.05, 0) is 56.0 Å². The summed E-state index contributed by atoms with van der Waals surface area (Å²) in [4.78, 5) is 17.2. The highest BCUT2D eigenvalue weighted by atomic mass is 32.2. The number of halogens is 1. The van der Waals surface area contributed by atoms with E-state index in [9.17, 15) is 17.6 Å². The summed E-state index contributed by atoms with van der Waals surface area (Å²) in [5.41, 5.74) is 3.14. The van der Waals surface area contributed by atoms with Crippen molar-refractivity contribution in [3.8, 4) is 11.3 Å². The Labute approximate surface area is 197 Å². The van der Waals surface area contributed by atoms with Crippen LogP contribution in [-0.4, -0.2) is 43.2 Å². The fourth-order valence-electron chi connectivity index (χ4n) is 3.94. The van der Waals surface area contributed by atoms with Crippen molar-refractivity contribution in [1.29, 1.82) is 0 Å². The molecule has 1 N–H and O–H groups in total. The monoisotopic (exact) mass is 487 g/mol. The molecule has 0 spiro atoms. The van der Waals surface area contributed by atoms with Crippen LogP contribution in [0.4, 0.5) is 4.39 Å². The molecule has 33 heavy (non-hydrogen) atoms. The molecule has 0 saturated carbocycles. The van der Waals surface area contributed by atoms with Crippen LogP contribution in [0.3, 0.4) is 0 Å². The van der Waals surface area contributed by atoms with Crippen LogP contribution in [0.1, 0.15) is 23.4 Å². The third-order valence-electron chi connectivity index (χ3n) is 5.79. The van der Waals surface area contributed by atoms with Crippen LogP contribution in [0.5, 0.6) is 0 Å². The molecule has 0 aliphatic carbocycles. The Kier molecular flexibility index (Phi) is 7.21. The standard InChI is InChI=1S/C24H26FN3O3S2/c1-17-27-23(16-32-17)19-6-4-18(5-7-19)12-13-26-24(29)20-3-2-14-28(15-20)33(30,31)22-10-8-21(25)9-11-22/h4-11,16,20H,2-3,12-15H2,1H3,(H,26,29). The molecule has 0 bridgehead atoms. The minimum absolute atomic E-state index is 0.0428. The highest BCUT2D eigenvalue weighted by Gasteiger charge is 2.33. The molecule has 2 heterocycles. The lowest BCUT2D eigenvalue weighted by molar-refractivity contribution is -0.126. The number of thiazole rings is 1. The van der Waals surface area contributed by atoms with Crippen LogP contribution in [0.15, 0.2) is 58.8 Å². The molecule has 0 radical (unpaired) electrons. The van der Waals surface area contributed by atoms with Gasteiger partial charge in [0, 0.05) is 30.6 Å². The molecule has 2 aromatic carbocycles. The fourth-order valence-corrected chi connectivity index (χ4v) is 6.09. The number of carbonyl (C=O) groups is 1. The van der Waals surface area contributed by atoms with Crippen molar-refractivity contribution in [3.63, 3.8) is 0 Å². The first-order chi connectivity index (χ1) is 15.8. The van der Waals surface area contributed by atoms with Gasteiger partial charge in [0.2, 0.25) is 15.9 Å². The summed E-state index contributed by atoms with van der Waals surface area (Å²) in [5.74, 6) is -1.02. The van der Waals surface area contributed by atoms with E-state index in [0.717, 1.165) is 34.0 Å². The van der Waals surface area contributed by atoms with E-state index in [1.54, 1.807) is 11.3 Å². The second-order valence-electron chi connectivity index (χ2n) is 8.15. The maximum atomic E-state index is 13.2. The van der Waals surface area contributed by atoms with E-state index < -0.39 is 21.8 Å². The van der Waals surface area contributed by atoms with Crippen molar-refractivity contribution in [3.05, 3.63) is 70.3 Å². The number of hydrogen-bond acceptors (Lipinski definition) is 5. The molecule has 1 amide bonds. The van der Waals surface area contributed by atoms with E-state index in [4.69, 9.17) is 0 Å². The molecule has 1 saturated heterocycles. The molecular weight excluding hydrogens is 461 g/mol. The average molecular weight is 488 g/mol. The van der Waals surface area contributed by atoms with Gasteiger partial charge in [-0.25, -0.2) is 17.8 Å². The molecule has 6 nitrogen and oxygen atoms in total. The summed E-state index contributed by atoms with van der Waals surface area (Å²) < 4.78 is 40.2. The zero-order chi connectivity index (χ0) is 23.4. The molecule has 1 unspecified atom stereocenters. The molecule has 1 aromatic heterocycles. The zero-order valence-corrected chi connectivity index (χ0v) is 20.0. The summed E-state index contributed by atoms with van der Waals surface area (Å²) in [6.07, 6.45) is 1.94. The molecule has 9 heteroatoms. The normalized spacial score (nSPS) is 17.1. The Balaban J connectivity index is 1.30. The van der Waals surface area contributed by atoms with E-state index in [0.29, 0.717) is 32.4 Å². The first-order valence-corrected chi connectivity index (χ1v) is 13.2. The summed E-state index contributed by atoms with van der Waals surface area (Å²) in [7, 11) is -3.75. The van der Waals surface area contributed by atoms with Crippen molar-refractivity contribution < 1.29 is 17.6 Å². The highest BCUT2D eigenvalue weighted by molar-refractivity contribution is 7.89. The predicted molar refractivity (Wildman–Crippen MR) is 127 cm³/mol. The molecule has 174 valence electrons.